The van der Waals surface area contributed by atoms with Crippen molar-refractivity contribution < 1.29 is 14.3 Å². The van der Waals surface area contributed by atoms with E-state index < -0.39 is 0 Å². The average Bonchev–Trinajstić information content (AvgIpc) is 2.98. The molecule has 1 aromatic carbocycles. The van der Waals surface area contributed by atoms with E-state index in [1.807, 2.05) is 30.9 Å². The van der Waals surface area contributed by atoms with Crippen LogP contribution in [0.3, 0.4) is 0 Å². The maximum Gasteiger partial charge on any atom is 0.270 e. The fourth-order valence-corrected chi connectivity index (χ4v) is 3.37. The Balaban J connectivity index is 1.54. The second-order valence-electron chi connectivity index (χ2n) is 7.29. The third kappa shape index (κ3) is 4.70. The Morgan fingerprint density at radius 2 is 1.78 bits per heavy atom. The second-order valence-corrected chi connectivity index (χ2v) is 7.29. The molecule has 1 fully saturated rings. The zero-order chi connectivity index (χ0) is 19.4. The highest BCUT2D eigenvalue weighted by atomic mass is 16.5. The van der Waals surface area contributed by atoms with Crippen molar-refractivity contribution >= 4 is 11.8 Å². The smallest absolute Gasteiger partial charge is 0.270 e. The number of ether oxygens (including phenoxy) is 1. The Kier molecular flexibility index (Phi) is 5.84. The van der Waals surface area contributed by atoms with Gasteiger partial charge in [-0.05, 0) is 69.0 Å². The zero-order valence-electron chi connectivity index (χ0n) is 16.2. The highest BCUT2D eigenvalue weighted by molar-refractivity contribution is 6.00. The number of carbonyl (C=O) groups excluding carboxylic acids is 2. The van der Waals surface area contributed by atoms with Crippen molar-refractivity contribution in [2.45, 2.75) is 33.6 Å². The molecule has 3 rings (SSSR count). The van der Waals surface area contributed by atoms with Crippen LogP contribution in [0.25, 0.3) is 0 Å². The number of nitrogens with one attached hydrogen (secondary N) is 1. The summed E-state index contributed by atoms with van der Waals surface area (Å²) in [6.45, 7) is 7.68. The van der Waals surface area contributed by atoms with Crippen LogP contribution in [0, 0.1) is 19.8 Å². The Morgan fingerprint density at radius 1 is 1.11 bits per heavy atom. The first-order chi connectivity index (χ1) is 12.9. The normalized spacial score (nSPS) is 16.9. The Morgan fingerprint density at radius 3 is 2.41 bits per heavy atom. The van der Waals surface area contributed by atoms with Gasteiger partial charge < -0.3 is 9.64 Å². The van der Waals surface area contributed by atoms with Crippen LogP contribution < -0.4 is 10.2 Å². The SMILES string of the molecule is Cc1ccc(C)n1NC(=O)c1ccc(OCC(=O)N2CCC[C@H](C)C2)cc1. The van der Waals surface area contributed by atoms with E-state index in [1.165, 1.54) is 6.42 Å². The minimum absolute atomic E-state index is 0.0157. The first-order valence-corrected chi connectivity index (χ1v) is 9.41. The van der Waals surface area contributed by atoms with Crippen molar-refractivity contribution in [1.29, 1.82) is 0 Å². The predicted molar refractivity (Wildman–Crippen MR) is 105 cm³/mol. The first kappa shape index (κ1) is 19.0. The molecule has 2 heterocycles. The van der Waals surface area contributed by atoms with Crippen molar-refractivity contribution in [1.82, 2.24) is 9.58 Å². The third-order valence-corrected chi connectivity index (χ3v) is 4.97. The van der Waals surface area contributed by atoms with E-state index in [4.69, 9.17) is 4.74 Å². The summed E-state index contributed by atoms with van der Waals surface area (Å²) in [5, 5.41) is 0. The summed E-state index contributed by atoms with van der Waals surface area (Å²) in [5.41, 5.74) is 5.33. The molecule has 2 aromatic rings. The number of aromatic nitrogens is 1. The molecule has 1 saturated heterocycles. The molecule has 0 unspecified atom stereocenters. The van der Waals surface area contributed by atoms with Crippen LogP contribution in [0.4, 0.5) is 0 Å². The minimum Gasteiger partial charge on any atom is -0.484 e. The second kappa shape index (κ2) is 8.29. The average molecular weight is 369 g/mol. The number of benzene rings is 1. The molecule has 6 nitrogen and oxygen atoms in total. The van der Waals surface area contributed by atoms with Gasteiger partial charge >= 0.3 is 0 Å². The van der Waals surface area contributed by atoms with E-state index in [-0.39, 0.29) is 18.4 Å². The van der Waals surface area contributed by atoms with Gasteiger partial charge in [0.05, 0.1) is 0 Å². The lowest BCUT2D eigenvalue weighted by atomic mass is 10.0. The van der Waals surface area contributed by atoms with E-state index in [0.717, 1.165) is 30.9 Å². The third-order valence-electron chi connectivity index (χ3n) is 4.97. The number of amides is 2. The molecule has 0 aliphatic carbocycles. The molecule has 1 aliphatic heterocycles. The fraction of sp³-hybridized carbons (Fsp3) is 0.429. The number of hydrogen-bond acceptors (Lipinski definition) is 3. The lowest BCUT2D eigenvalue weighted by Crippen LogP contribution is -2.41. The predicted octanol–water partition coefficient (Wildman–Crippen LogP) is 3.13. The summed E-state index contributed by atoms with van der Waals surface area (Å²) in [7, 11) is 0. The van der Waals surface area contributed by atoms with Crippen LogP contribution >= 0.6 is 0 Å². The number of likely N-dealkylation sites (tertiary alicyclic amines) is 1. The molecule has 1 N–H and O–H groups in total. The number of carbonyl (C=O) groups is 2. The molecule has 0 saturated carbocycles. The summed E-state index contributed by atoms with van der Waals surface area (Å²) in [6.07, 6.45) is 2.23. The van der Waals surface area contributed by atoms with Crippen LogP contribution in [0.1, 0.15) is 41.5 Å². The van der Waals surface area contributed by atoms with Gasteiger partial charge in [0.25, 0.3) is 11.8 Å². The quantitative estimate of drug-likeness (QED) is 0.881. The Hall–Kier alpha value is -2.76. The first-order valence-electron chi connectivity index (χ1n) is 9.41. The molecule has 0 spiro atoms. The van der Waals surface area contributed by atoms with Crippen molar-refractivity contribution in [3.05, 3.63) is 53.3 Å². The lowest BCUT2D eigenvalue weighted by molar-refractivity contribution is -0.135. The molecule has 0 bridgehead atoms. The van der Waals surface area contributed by atoms with Crippen LogP contribution in [0.2, 0.25) is 0 Å². The van der Waals surface area contributed by atoms with Crippen molar-refractivity contribution in [2.24, 2.45) is 5.92 Å². The fourth-order valence-electron chi connectivity index (χ4n) is 3.37. The van der Waals surface area contributed by atoms with Gasteiger partial charge in [-0.25, -0.2) is 0 Å². The molecule has 1 atom stereocenters. The zero-order valence-corrected chi connectivity index (χ0v) is 16.2. The molecule has 1 aromatic heterocycles. The van der Waals surface area contributed by atoms with Gasteiger partial charge in [0.2, 0.25) is 0 Å². The molecule has 1 aliphatic rings. The highest BCUT2D eigenvalue weighted by Gasteiger charge is 2.21. The number of rotatable bonds is 5. The van der Waals surface area contributed by atoms with Crippen LogP contribution in [0.15, 0.2) is 36.4 Å². The van der Waals surface area contributed by atoms with Gasteiger partial charge in [-0.15, -0.1) is 0 Å². The molecule has 144 valence electrons. The van der Waals surface area contributed by atoms with Crippen LogP contribution in [0.5, 0.6) is 5.75 Å². The van der Waals surface area contributed by atoms with Gasteiger partial charge in [-0.1, -0.05) is 6.92 Å². The van der Waals surface area contributed by atoms with Gasteiger partial charge in [0, 0.05) is 30.0 Å². The van der Waals surface area contributed by atoms with Crippen LogP contribution in [-0.4, -0.2) is 41.1 Å². The summed E-state index contributed by atoms with van der Waals surface area (Å²) in [6, 6.07) is 10.7. The molecule has 6 heteroatoms. The van der Waals surface area contributed by atoms with Crippen molar-refractivity contribution in [3.8, 4) is 5.75 Å². The minimum atomic E-state index is -0.192. The van der Waals surface area contributed by atoms with Crippen molar-refractivity contribution in [2.75, 3.05) is 25.1 Å². The standard InChI is InChI=1S/C21H27N3O3/c1-15-5-4-12-23(13-15)20(25)14-27-19-10-8-18(9-11-19)21(26)22-24-16(2)6-7-17(24)3/h6-11,15H,4-5,12-14H2,1-3H3,(H,22,26)/t15-/m0/s1. The van der Waals surface area contributed by atoms with E-state index in [2.05, 4.69) is 12.3 Å². The maximum atomic E-state index is 12.4. The highest BCUT2D eigenvalue weighted by Crippen LogP contribution is 2.17. The topological polar surface area (TPSA) is 63.6 Å². The van der Waals surface area contributed by atoms with Crippen LogP contribution in [-0.2, 0) is 4.79 Å². The largest absolute Gasteiger partial charge is 0.484 e. The van der Waals surface area contributed by atoms with Gasteiger partial charge in [-0.2, -0.15) is 0 Å². The molecule has 2 amide bonds. The van der Waals surface area contributed by atoms with E-state index >= 15 is 0 Å². The monoisotopic (exact) mass is 369 g/mol. The summed E-state index contributed by atoms with van der Waals surface area (Å²) in [5.74, 6) is 0.954. The number of piperidine rings is 1. The molecule has 0 radical (unpaired) electrons. The number of hydrogen-bond donors (Lipinski definition) is 1. The summed E-state index contributed by atoms with van der Waals surface area (Å²) < 4.78 is 7.36. The van der Waals surface area contributed by atoms with E-state index in [9.17, 15) is 9.59 Å². The maximum absolute atomic E-state index is 12.4. The van der Waals surface area contributed by atoms with Gasteiger partial charge in [0.15, 0.2) is 6.61 Å². The van der Waals surface area contributed by atoms with Gasteiger partial charge in [0.1, 0.15) is 5.75 Å². The Labute approximate surface area is 160 Å². The summed E-state index contributed by atoms with van der Waals surface area (Å²) in [4.78, 5) is 26.5. The van der Waals surface area contributed by atoms with E-state index in [1.54, 1.807) is 28.9 Å². The lowest BCUT2D eigenvalue weighted by Gasteiger charge is -2.30. The number of nitrogens with zero attached hydrogens (tertiary/aromatic N) is 2. The van der Waals surface area contributed by atoms with Gasteiger partial charge in [-0.3, -0.25) is 19.7 Å². The Bertz CT molecular complexity index is 791. The van der Waals surface area contributed by atoms with Crippen molar-refractivity contribution in [3.63, 3.8) is 0 Å². The number of aryl methyl sites for hydroxylation is 2. The molecule has 27 heavy (non-hydrogen) atoms. The molecular formula is C21H27N3O3. The molecular weight excluding hydrogens is 342 g/mol. The summed E-state index contributed by atoms with van der Waals surface area (Å²) >= 11 is 0. The van der Waals surface area contributed by atoms with E-state index in [0.29, 0.717) is 17.2 Å².